The predicted molar refractivity (Wildman–Crippen MR) is 80.8 cm³/mol. The van der Waals surface area contributed by atoms with Crippen molar-refractivity contribution in [2.75, 3.05) is 12.4 Å². The van der Waals surface area contributed by atoms with E-state index in [1.807, 2.05) is 12.1 Å². The zero-order chi connectivity index (χ0) is 14.4. The molecule has 0 spiro atoms. The number of methoxy groups -OCH3 is 1. The summed E-state index contributed by atoms with van der Waals surface area (Å²) in [5.41, 5.74) is 2.24. The topological polar surface area (TPSA) is 21.3 Å². The maximum Gasteiger partial charge on any atom is 0.123 e. The van der Waals surface area contributed by atoms with Crippen LogP contribution in [0.4, 0.5) is 10.1 Å². The molecule has 1 atom stereocenters. The fourth-order valence-corrected chi connectivity index (χ4v) is 2.08. The van der Waals surface area contributed by atoms with Crippen molar-refractivity contribution in [2.45, 2.75) is 25.8 Å². The van der Waals surface area contributed by atoms with Crippen molar-refractivity contribution in [1.29, 1.82) is 0 Å². The van der Waals surface area contributed by atoms with E-state index in [4.69, 9.17) is 4.74 Å². The molecular formula is C17H20FNO. The highest BCUT2D eigenvalue weighted by atomic mass is 19.1. The van der Waals surface area contributed by atoms with E-state index in [2.05, 4.69) is 24.4 Å². The normalized spacial score (nSPS) is 11.9. The average molecular weight is 273 g/mol. The van der Waals surface area contributed by atoms with Crippen LogP contribution in [0.25, 0.3) is 0 Å². The molecule has 2 aromatic carbocycles. The van der Waals surface area contributed by atoms with Crippen molar-refractivity contribution in [3.8, 4) is 5.75 Å². The second-order valence-electron chi connectivity index (χ2n) is 4.94. The maximum atomic E-state index is 12.8. The van der Waals surface area contributed by atoms with Crippen LogP contribution in [0, 0.1) is 5.82 Å². The molecule has 0 bridgehead atoms. The summed E-state index contributed by atoms with van der Waals surface area (Å²) in [6, 6.07) is 14.9. The number of ether oxygens (including phenoxy) is 1. The third kappa shape index (κ3) is 4.26. The highest BCUT2D eigenvalue weighted by Crippen LogP contribution is 2.15. The maximum absolute atomic E-state index is 12.8. The van der Waals surface area contributed by atoms with Crippen LogP contribution in [0.5, 0.6) is 5.75 Å². The summed E-state index contributed by atoms with van der Waals surface area (Å²) in [6.45, 7) is 2.13. The minimum atomic E-state index is -0.207. The average Bonchev–Trinajstić information content (AvgIpc) is 2.48. The molecule has 0 unspecified atom stereocenters. The van der Waals surface area contributed by atoms with Crippen LogP contribution in [0.15, 0.2) is 48.5 Å². The van der Waals surface area contributed by atoms with Crippen molar-refractivity contribution in [1.82, 2.24) is 0 Å². The Hall–Kier alpha value is -2.03. The number of hydrogen-bond acceptors (Lipinski definition) is 2. The van der Waals surface area contributed by atoms with Gasteiger partial charge in [-0.25, -0.2) is 4.39 Å². The van der Waals surface area contributed by atoms with E-state index in [0.29, 0.717) is 6.04 Å². The van der Waals surface area contributed by atoms with Gasteiger partial charge in [0.15, 0.2) is 0 Å². The van der Waals surface area contributed by atoms with Crippen LogP contribution in [0.1, 0.15) is 18.9 Å². The van der Waals surface area contributed by atoms with Gasteiger partial charge in [0.05, 0.1) is 7.11 Å². The first kappa shape index (κ1) is 14.4. The Labute approximate surface area is 119 Å². The van der Waals surface area contributed by atoms with Gasteiger partial charge in [0, 0.05) is 11.7 Å². The lowest BCUT2D eigenvalue weighted by molar-refractivity contribution is 0.414. The van der Waals surface area contributed by atoms with Gasteiger partial charge >= 0.3 is 0 Å². The van der Waals surface area contributed by atoms with Crippen LogP contribution in [0.3, 0.4) is 0 Å². The van der Waals surface area contributed by atoms with Crippen LogP contribution < -0.4 is 10.1 Å². The van der Waals surface area contributed by atoms with E-state index in [1.165, 1.54) is 17.7 Å². The second kappa shape index (κ2) is 6.94. The minimum absolute atomic E-state index is 0.207. The van der Waals surface area contributed by atoms with E-state index < -0.39 is 0 Å². The van der Waals surface area contributed by atoms with Gasteiger partial charge in [0.1, 0.15) is 11.6 Å². The highest BCUT2D eigenvalue weighted by molar-refractivity contribution is 5.43. The fraction of sp³-hybridized carbons (Fsp3) is 0.294. The smallest absolute Gasteiger partial charge is 0.123 e. The third-order valence-electron chi connectivity index (χ3n) is 3.28. The zero-order valence-corrected chi connectivity index (χ0v) is 11.9. The fourth-order valence-electron chi connectivity index (χ4n) is 2.08. The number of halogens is 1. The molecular weight excluding hydrogens is 253 g/mol. The second-order valence-corrected chi connectivity index (χ2v) is 4.94. The lowest BCUT2D eigenvalue weighted by atomic mass is 10.1. The molecule has 0 saturated carbocycles. The summed E-state index contributed by atoms with van der Waals surface area (Å²) in [7, 11) is 1.67. The van der Waals surface area contributed by atoms with Crippen molar-refractivity contribution in [3.63, 3.8) is 0 Å². The number of aryl methyl sites for hydroxylation is 1. The predicted octanol–water partition coefficient (Wildman–Crippen LogP) is 4.27. The van der Waals surface area contributed by atoms with Crippen molar-refractivity contribution in [2.24, 2.45) is 0 Å². The van der Waals surface area contributed by atoms with Crippen molar-refractivity contribution < 1.29 is 9.13 Å². The van der Waals surface area contributed by atoms with Gasteiger partial charge in [-0.1, -0.05) is 12.1 Å². The number of anilines is 1. The Morgan fingerprint density at radius 2 is 1.70 bits per heavy atom. The van der Waals surface area contributed by atoms with Crippen molar-refractivity contribution in [3.05, 3.63) is 59.9 Å². The first-order chi connectivity index (χ1) is 9.67. The summed E-state index contributed by atoms with van der Waals surface area (Å²) < 4.78 is 18.0. The van der Waals surface area contributed by atoms with E-state index in [-0.39, 0.29) is 5.82 Å². The third-order valence-corrected chi connectivity index (χ3v) is 3.28. The molecule has 2 rings (SSSR count). The van der Waals surface area contributed by atoms with E-state index in [1.54, 1.807) is 19.2 Å². The molecule has 2 aromatic rings. The lowest BCUT2D eigenvalue weighted by Gasteiger charge is -2.15. The molecule has 0 heterocycles. The Kier molecular flexibility index (Phi) is 4.99. The molecule has 0 aliphatic rings. The Balaban J connectivity index is 1.82. The van der Waals surface area contributed by atoms with Gasteiger partial charge in [-0.05, 0) is 61.7 Å². The molecule has 106 valence electrons. The summed E-state index contributed by atoms with van der Waals surface area (Å²) in [6.07, 6.45) is 2.02. The Morgan fingerprint density at radius 1 is 1.05 bits per heavy atom. The largest absolute Gasteiger partial charge is 0.497 e. The van der Waals surface area contributed by atoms with Gasteiger partial charge in [-0.3, -0.25) is 0 Å². The molecule has 2 nitrogen and oxygen atoms in total. The molecule has 1 N–H and O–H groups in total. The van der Waals surface area contributed by atoms with Gasteiger partial charge in [-0.15, -0.1) is 0 Å². The highest BCUT2D eigenvalue weighted by Gasteiger charge is 2.03. The molecule has 0 saturated heterocycles. The van der Waals surface area contributed by atoms with E-state index >= 15 is 0 Å². The Morgan fingerprint density at radius 3 is 2.30 bits per heavy atom. The van der Waals surface area contributed by atoms with Crippen molar-refractivity contribution >= 4 is 5.69 Å². The summed E-state index contributed by atoms with van der Waals surface area (Å²) >= 11 is 0. The standard InChI is InChI=1S/C17H20FNO/c1-13(19-16-9-7-15(18)8-10-16)3-4-14-5-11-17(20-2)12-6-14/h5-13,19H,3-4H2,1-2H3/t13-/m1/s1. The van der Waals surface area contributed by atoms with Crippen LogP contribution in [-0.4, -0.2) is 13.2 Å². The molecule has 3 heteroatoms. The van der Waals surface area contributed by atoms with E-state index in [0.717, 1.165) is 24.3 Å². The number of rotatable bonds is 6. The van der Waals surface area contributed by atoms with Gasteiger partial charge in [0.25, 0.3) is 0 Å². The first-order valence-electron chi connectivity index (χ1n) is 6.82. The minimum Gasteiger partial charge on any atom is -0.497 e. The monoisotopic (exact) mass is 273 g/mol. The zero-order valence-electron chi connectivity index (χ0n) is 11.9. The summed E-state index contributed by atoms with van der Waals surface area (Å²) in [5.74, 6) is 0.674. The number of hydrogen-bond donors (Lipinski definition) is 1. The molecule has 0 aromatic heterocycles. The molecule has 0 radical (unpaired) electrons. The van der Waals surface area contributed by atoms with Crippen LogP contribution >= 0.6 is 0 Å². The number of nitrogens with one attached hydrogen (secondary N) is 1. The molecule has 0 aliphatic carbocycles. The molecule has 20 heavy (non-hydrogen) atoms. The summed E-state index contributed by atoms with van der Waals surface area (Å²) in [5, 5.41) is 3.37. The lowest BCUT2D eigenvalue weighted by Crippen LogP contribution is -2.15. The van der Waals surface area contributed by atoms with Crippen LogP contribution in [0.2, 0.25) is 0 Å². The van der Waals surface area contributed by atoms with Gasteiger partial charge in [-0.2, -0.15) is 0 Å². The Bertz CT molecular complexity index is 522. The van der Waals surface area contributed by atoms with Crippen LogP contribution in [-0.2, 0) is 6.42 Å². The first-order valence-corrected chi connectivity index (χ1v) is 6.82. The number of benzene rings is 2. The van der Waals surface area contributed by atoms with E-state index in [9.17, 15) is 4.39 Å². The SMILES string of the molecule is COc1ccc(CC[C@@H](C)Nc2ccc(F)cc2)cc1. The molecule has 0 amide bonds. The summed E-state index contributed by atoms with van der Waals surface area (Å²) in [4.78, 5) is 0. The quantitative estimate of drug-likeness (QED) is 0.848. The molecule has 0 fully saturated rings. The van der Waals surface area contributed by atoms with Gasteiger partial charge < -0.3 is 10.1 Å². The molecule has 0 aliphatic heterocycles. The van der Waals surface area contributed by atoms with Gasteiger partial charge in [0.2, 0.25) is 0 Å².